The predicted molar refractivity (Wildman–Crippen MR) is 87.0 cm³/mol. The number of halogens is 1. The summed E-state index contributed by atoms with van der Waals surface area (Å²) in [4.78, 5) is 0. The van der Waals surface area contributed by atoms with Gasteiger partial charge in [-0.15, -0.1) is 0 Å². The highest BCUT2D eigenvalue weighted by atomic mass is 32.3. The second kappa shape index (κ2) is 7.53. The average molecular weight is 343 g/mol. The van der Waals surface area contributed by atoms with Crippen molar-refractivity contribution in [2.24, 2.45) is 0 Å². The van der Waals surface area contributed by atoms with Crippen molar-refractivity contribution in [3.63, 3.8) is 0 Å². The minimum absolute atomic E-state index is 0.152. The van der Waals surface area contributed by atoms with Crippen molar-refractivity contribution in [2.75, 3.05) is 6.54 Å². The molecule has 23 heavy (non-hydrogen) atoms. The van der Waals surface area contributed by atoms with Crippen molar-refractivity contribution < 1.29 is 21.9 Å². The molecule has 0 unspecified atom stereocenters. The molecule has 1 spiro atoms. The summed E-state index contributed by atoms with van der Waals surface area (Å²) in [6, 6.07) is 6.98. The molecule has 2 aliphatic rings. The van der Waals surface area contributed by atoms with Crippen molar-refractivity contribution in [1.29, 1.82) is 0 Å². The molecule has 1 aromatic carbocycles. The molecule has 5 nitrogen and oxygen atoms in total. The van der Waals surface area contributed by atoms with Gasteiger partial charge in [0.2, 0.25) is 0 Å². The zero-order valence-corrected chi connectivity index (χ0v) is 13.7. The lowest BCUT2D eigenvalue weighted by Crippen LogP contribution is -2.49. The lowest BCUT2D eigenvalue weighted by atomic mass is 9.72. The third-order valence-corrected chi connectivity index (χ3v) is 4.33. The molecule has 0 bridgehead atoms. The predicted octanol–water partition coefficient (Wildman–Crippen LogP) is 3.25. The van der Waals surface area contributed by atoms with E-state index in [4.69, 9.17) is 17.5 Å². The van der Waals surface area contributed by atoms with Crippen LogP contribution in [0.1, 0.15) is 44.1 Å². The van der Waals surface area contributed by atoms with Gasteiger partial charge in [-0.2, -0.15) is 8.42 Å². The van der Waals surface area contributed by atoms with E-state index in [2.05, 4.69) is 11.4 Å². The lowest BCUT2D eigenvalue weighted by Gasteiger charge is -2.43. The summed E-state index contributed by atoms with van der Waals surface area (Å²) in [5, 5.41) is 3.74. The van der Waals surface area contributed by atoms with Crippen molar-refractivity contribution >= 4 is 16.0 Å². The Bertz CT molecular complexity index is 641. The molecule has 1 saturated carbocycles. The van der Waals surface area contributed by atoms with Gasteiger partial charge in [0, 0.05) is 5.54 Å². The quantitative estimate of drug-likeness (QED) is 0.682. The largest absolute Gasteiger partial charge is 0.394 e. The van der Waals surface area contributed by atoms with Crippen LogP contribution in [0.2, 0.25) is 0 Å². The smallest absolute Gasteiger partial charge is 0.307 e. The van der Waals surface area contributed by atoms with Crippen molar-refractivity contribution in [3.05, 3.63) is 41.7 Å². The van der Waals surface area contributed by atoms with E-state index in [1.165, 1.54) is 43.2 Å². The van der Waals surface area contributed by atoms with Crippen molar-refractivity contribution in [1.82, 2.24) is 5.32 Å². The Balaban J connectivity index is 0.000000338. The van der Waals surface area contributed by atoms with Crippen LogP contribution in [0.25, 0.3) is 5.57 Å². The van der Waals surface area contributed by atoms with E-state index in [1.54, 1.807) is 12.1 Å². The van der Waals surface area contributed by atoms with Crippen LogP contribution in [0.5, 0.6) is 0 Å². The Morgan fingerprint density at radius 2 is 1.61 bits per heavy atom. The molecule has 7 heteroatoms. The molecule has 0 atom stereocenters. The standard InChI is InChI=1S/C16H20FN.H2O4S/c17-14-8-6-13(7-9-14)15-5-4-12-18-16(15)10-2-1-3-11-16;1-5(2,3)4/h5-9,18H,1-4,10-12H2;(H2,1,2,3,4). The molecule has 0 amide bonds. The van der Waals surface area contributed by atoms with Crippen molar-refractivity contribution in [3.8, 4) is 0 Å². The monoisotopic (exact) mass is 343 g/mol. The van der Waals surface area contributed by atoms with Crippen LogP contribution < -0.4 is 5.32 Å². The fourth-order valence-electron chi connectivity index (χ4n) is 3.44. The fourth-order valence-corrected chi connectivity index (χ4v) is 3.44. The Morgan fingerprint density at radius 1 is 1.04 bits per heavy atom. The second-order valence-electron chi connectivity index (χ2n) is 5.93. The van der Waals surface area contributed by atoms with Gasteiger partial charge >= 0.3 is 10.4 Å². The number of hydrogen-bond donors (Lipinski definition) is 3. The Kier molecular flexibility index (Phi) is 5.91. The van der Waals surface area contributed by atoms with E-state index >= 15 is 0 Å². The maximum atomic E-state index is 13.1. The third kappa shape index (κ3) is 5.39. The van der Waals surface area contributed by atoms with Gasteiger partial charge in [0.15, 0.2) is 0 Å². The first-order valence-electron chi connectivity index (χ1n) is 7.72. The lowest BCUT2D eigenvalue weighted by molar-refractivity contribution is 0.295. The Morgan fingerprint density at radius 3 is 2.17 bits per heavy atom. The second-order valence-corrected chi connectivity index (χ2v) is 6.83. The number of rotatable bonds is 1. The summed E-state index contributed by atoms with van der Waals surface area (Å²) in [5.74, 6) is -0.152. The number of hydrogen-bond acceptors (Lipinski definition) is 3. The summed E-state index contributed by atoms with van der Waals surface area (Å²) in [6.45, 7) is 1.07. The molecule has 1 aliphatic heterocycles. The highest BCUT2D eigenvalue weighted by Gasteiger charge is 2.37. The molecular formula is C16H22FNO4S. The normalized spacial score (nSPS) is 20.4. The van der Waals surface area contributed by atoms with E-state index < -0.39 is 10.4 Å². The van der Waals surface area contributed by atoms with E-state index in [1.807, 2.05) is 12.1 Å². The van der Waals surface area contributed by atoms with Gasteiger partial charge < -0.3 is 5.32 Å². The molecule has 3 rings (SSSR count). The maximum Gasteiger partial charge on any atom is 0.394 e. The van der Waals surface area contributed by atoms with Gasteiger partial charge in [-0.25, -0.2) is 4.39 Å². The number of benzene rings is 1. The van der Waals surface area contributed by atoms with Gasteiger partial charge in [0.25, 0.3) is 0 Å². The molecule has 3 N–H and O–H groups in total. The molecule has 1 aromatic rings. The SMILES string of the molecule is Fc1ccc(C2=CCCNC23CCCCC3)cc1.O=S(=O)(O)O. The van der Waals surface area contributed by atoms with E-state index in [0.29, 0.717) is 0 Å². The molecule has 128 valence electrons. The summed E-state index contributed by atoms with van der Waals surface area (Å²) >= 11 is 0. The van der Waals surface area contributed by atoms with Crippen LogP contribution in [0.3, 0.4) is 0 Å². The van der Waals surface area contributed by atoms with E-state index in [9.17, 15) is 4.39 Å². The molecular weight excluding hydrogens is 321 g/mol. The van der Waals surface area contributed by atoms with Gasteiger partial charge in [-0.05, 0) is 49.1 Å². The third-order valence-electron chi connectivity index (χ3n) is 4.33. The van der Waals surface area contributed by atoms with Gasteiger partial charge in [0.1, 0.15) is 5.82 Å². The minimum Gasteiger partial charge on any atom is -0.307 e. The van der Waals surface area contributed by atoms with Gasteiger partial charge in [0.05, 0.1) is 0 Å². The topological polar surface area (TPSA) is 86.6 Å². The van der Waals surface area contributed by atoms with Crippen LogP contribution in [0.15, 0.2) is 30.3 Å². The summed E-state index contributed by atoms with van der Waals surface area (Å²) < 4.78 is 44.6. The van der Waals surface area contributed by atoms with Crippen LogP contribution in [0.4, 0.5) is 4.39 Å². The molecule has 0 aromatic heterocycles. The molecule has 0 radical (unpaired) electrons. The highest BCUT2D eigenvalue weighted by molar-refractivity contribution is 7.79. The molecule has 1 fully saturated rings. The summed E-state index contributed by atoms with van der Waals surface area (Å²) in [5.41, 5.74) is 2.74. The maximum absolute atomic E-state index is 13.1. The molecule has 0 saturated heterocycles. The first-order valence-corrected chi connectivity index (χ1v) is 9.11. The highest BCUT2D eigenvalue weighted by Crippen LogP contribution is 2.41. The first kappa shape index (κ1) is 18.1. The van der Waals surface area contributed by atoms with Crippen LogP contribution in [-0.2, 0) is 10.4 Å². The first-order chi connectivity index (χ1) is 10.8. The Labute approximate surface area is 136 Å². The fraction of sp³-hybridized carbons (Fsp3) is 0.500. The Hall–Kier alpha value is -1.28. The van der Waals surface area contributed by atoms with Gasteiger partial charge in [-0.1, -0.05) is 37.5 Å². The van der Waals surface area contributed by atoms with Crippen molar-refractivity contribution in [2.45, 2.75) is 44.1 Å². The van der Waals surface area contributed by atoms with Gasteiger partial charge in [-0.3, -0.25) is 9.11 Å². The molecule has 1 aliphatic carbocycles. The number of nitrogens with one attached hydrogen (secondary N) is 1. The van der Waals surface area contributed by atoms with E-state index in [-0.39, 0.29) is 11.4 Å². The zero-order valence-electron chi connectivity index (χ0n) is 12.8. The van der Waals surface area contributed by atoms with Crippen LogP contribution in [-0.4, -0.2) is 29.6 Å². The summed E-state index contributed by atoms with van der Waals surface area (Å²) in [7, 11) is -4.67. The average Bonchev–Trinajstić information content (AvgIpc) is 2.48. The zero-order chi connectivity index (χ0) is 16.9. The molecule has 1 heterocycles. The van der Waals surface area contributed by atoms with Crippen LogP contribution in [0, 0.1) is 5.82 Å². The van der Waals surface area contributed by atoms with E-state index in [0.717, 1.165) is 13.0 Å². The minimum atomic E-state index is -4.67. The summed E-state index contributed by atoms with van der Waals surface area (Å²) in [6.07, 6.45) is 9.81. The van der Waals surface area contributed by atoms with Crippen LogP contribution >= 0.6 is 0 Å².